The molecule has 0 amide bonds. The molecule has 0 heterocycles. The van der Waals surface area contributed by atoms with Crippen molar-refractivity contribution in [2.45, 2.75) is 26.8 Å². The molecule has 1 atom stereocenters. The molecule has 0 spiro atoms. The predicted octanol–water partition coefficient (Wildman–Crippen LogP) is 0.579. The fourth-order valence-corrected chi connectivity index (χ4v) is 0.520. The van der Waals surface area contributed by atoms with Gasteiger partial charge in [0.25, 0.3) is 0 Å². The molecule has 0 rings (SSSR count). The molecule has 2 heteroatoms. The molecular formula is C7H18N2. The van der Waals surface area contributed by atoms with Gasteiger partial charge in [-0.1, -0.05) is 20.8 Å². The summed E-state index contributed by atoms with van der Waals surface area (Å²) in [7, 11) is 0. The summed E-state index contributed by atoms with van der Waals surface area (Å²) in [6.45, 7) is 8.25. The zero-order valence-electron chi connectivity index (χ0n) is 6.65. The van der Waals surface area contributed by atoms with Gasteiger partial charge in [0.1, 0.15) is 0 Å². The second kappa shape index (κ2) is 4.77. The highest BCUT2D eigenvalue weighted by molar-refractivity contribution is 4.59. The van der Waals surface area contributed by atoms with Gasteiger partial charge < -0.3 is 11.1 Å². The molecule has 9 heavy (non-hydrogen) atoms. The van der Waals surface area contributed by atoms with Crippen LogP contribution in [-0.2, 0) is 0 Å². The van der Waals surface area contributed by atoms with Gasteiger partial charge in [-0.3, -0.25) is 0 Å². The summed E-state index contributed by atoms with van der Waals surface area (Å²) in [5.41, 5.74) is 5.42. The molecule has 0 aliphatic carbocycles. The lowest BCUT2D eigenvalue weighted by atomic mass is 10.2. The highest BCUT2D eigenvalue weighted by atomic mass is 14.9. The smallest absolute Gasteiger partial charge is 0.00105 e. The van der Waals surface area contributed by atoms with Crippen molar-refractivity contribution < 1.29 is 0 Å². The van der Waals surface area contributed by atoms with Crippen molar-refractivity contribution in [2.24, 2.45) is 11.7 Å². The maximum absolute atomic E-state index is 5.42. The molecule has 1 unspecified atom stereocenters. The molecule has 0 saturated heterocycles. The molecule has 56 valence electrons. The van der Waals surface area contributed by atoms with E-state index in [4.69, 9.17) is 5.73 Å². The number of hydrogen-bond donors (Lipinski definition) is 2. The highest BCUT2D eigenvalue weighted by Gasteiger charge is 1.98. The van der Waals surface area contributed by atoms with Crippen LogP contribution in [0, 0.1) is 5.92 Å². The first-order valence-corrected chi connectivity index (χ1v) is 3.60. The largest absolute Gasteiger partial charge is 0.330 e. The van der Waals surface area contributed by atoms with Crippen LogP contribution in [0.15, 0.2) is 0 Å². The van der Waals surface area contributed by atoms with Crippen LogP contribution in [0.2, 0.25) is 0 Å². The minimum absolute atomic E-state index is 0.582. The number of nitrogens with two attached hydrogens (primary N) is 1. The maximum atomic E-state index is 5.42. The Labute approximate surface area is 57.8 Å². The third-order valence-electron chi connectivity index (χ3n) is 1.28. The topological polar surface area (TPSA) is 38.0 Å². The molecule has 0 aromatic carbocycles. The second-order valence-electron chi connectivity index (χ2n) is 2.90. The van der Waals surface area contributed by atoms with Crippen LogP contribution >= 0.6 is 0 Å². The van der Waals surface area contributed by atoms with E-state index in [0.717, 1.165) is 13.1 Å². The quantitative estimate of drug-likeness (QED) is 0.584. The van der Waals surface area contributed by atoms with E-state index in [1.807, 2.05) is 0 Å². The van der Waals surface area contributed by atoms with Crippen molar-refractivity contribution in [3.63, 3.8) is 0 Å². The van der Waals surface area contributed by atoms with Gasteiger partial charge in [0, 0.05) is 6.04 Å². The Balaban J connectivity index is 3.06. The highest BCUT2D eigenvalue weighted by Crippen LogP contribution is 1.88. The van der Waals surface area contributed by atoms with E-state index in [0.29, 0.717) is 12.0 Å². The molecule has 0 fully saturated rings. The van der Waals surface area contributed by atoms with Crippen molar-refractivity contribution in [3.8, 4) is 0 Å². The van der Waals surface area contributed by atoms with Crippen LogP contribution in [0.5, 0.6) is 0 Å². The fourth-order valence-electron chi connectivity index (χ4n) is 0.520. The van der Waals surface area contributed by atoms with Crippen LogP contribution in [0.25, 0.3) is 0 Å². The normalized spacial score (nSPS) is 14.3. The Morgan fingerprint density at radius 2 is 1.89 bits per heavy atom. The lowest BCUT2D eigenvalue weighted by Gasteiger charge is -2.11. The Morgan fingerprint density at radius 3 is 2.22 bits per heavy atom. The standard InChI is InChI=1S/C7H18N2/c1-6(2)9-5-7(3)4-8/h6-7,9H,4-5,8H2,1-3H3. The summed E-state index contributed by atoms with van der Waals surface area (Å²) in [5.74, 6) is 0.604. The minimum atomic E-state index is 0.582. The summed E-state index contributed by atoms with van der Waals surface area (Å²) in [5, 5.41) is 3.32. The number of nitrogens with one attached hydrogen (secondary N) is 1. The Kier molecular flexibility index (Phi) is 4.72. The van der Waals surface area contributed by atoms with E-state index in [9.17, 15) is 0 Å². The lowest BCUT2D eigenvalue weighted by molar-refractivity contribution is 0.484. The number of hydrogen-bond acceptors (Lipinski definition) is 2. The van der Waals surface area contributed by atoms with Gasteiger partial charge in [-0.15, -0.1) is 0 Å². The zero-order valence-corrected chi connectivity index (χ0v) is 6.65. The molecule has 0 bridgehead atoms. The van der Waals surface area contributed by atoms with E-state index in [-0.39, 0.29) is 0 Å². The van der Waals surface area contributed by atoms with Crippen molar-refractivity contribution in [3.05, 3.63) is 0 Å². The van der Waals surface area contributed by atoms with Gasteiger partial charge in [-0.2, -0.15) is 0 Å². The second-order valence-corrected chi connectivity index (χ2v) is 2.90. The average molecular weight is 130 g/mol. The van der Waals surface area contributed by atoms with Crippen molar-refractivity contribution >= 4 is 0 Å². The molecule has 0 radical (unpaired) electrons. The first-order chi connectivity index (χ1) is 4.16. The molecule has 0 aliphatic rings. The van der Waals surface area contributed by atoms with Gasteiger partial charge in [-0.25, -0.2) is 0 Å². The van der Waals surface area contributed by atoms with Gasteiger partial charge in [-0.05, 0) is 19.0 Å². The van der Waals surface area contributed by atoms with Crippen LogP contribution in [-0.4, -0.2) is 19.1 Å². The maximum Gasteiger partial charge on any atom is 0.00105 e. The van der Waals surface area contributed by atoms with Crippen LogP contribution in [0.1, 0.15) is 20.8 Å². The Hall–Kier alpha value is -0.0800. The zero-order chi connectivity index (χ0) is 7.28. The molecule has 3 N–H and O–H groups in total. The summed E-state index contributed by atoms with van der Waals surface area (Å²) >= 11 is 0. The predicted molar refractivity (Wildman–Crippen MR) is 41.4 cm³/mol. The molecule has 0 aliphatic heterocycles. The molecule has 0 aromatic heterocycles. The van der Waals surface area contributed by atoms with Gasteiger partial charge in [0.05, 0.1) is 0 Å². The Bertz CT molecular complexity index is 61.9. The molecule has 2 nitrogen and oxygen atoms in total. The van der Waals surface area contributed by atoms with Crippen LogP contribution in [0.4, 0.5) is 0 Å². The monoisotopic (exact) mass is 130 g/mol. The SMILES string of the molecule is CC(CN)CNC(C)C. The van der Waals surface area contributed by atoms with Crippen LogP contribution < -0.4 is 11.1 Å². The van der Waals surface area contributed by atoms with Gasteiger partial charge >= 0.3 is 0 Å². The first-order valence-electron chi connectivity index (χ1n) is 3.60. The lowest BCUT2D eigenvalue weighted by Crippen LogP contribution is -2.30. The van der Waals surface area contributed by atoms with Crippen molar-refractivity contribution in [1.29, 1.82) is 0 Å². The third kappa shape index (κ3) is 5.80. The average Bonchev–Trinajstić information content (AvgIpc) is 1.83. The van der Waals surface area contributed by atoms with E-state index < -0.39 is 0 Å². The minimum Gasteiger partial charge on any atom is -0.330 e. The summed E-state index contributed by atoms with van der Waals surface area (Å²) in [4.78, 5) is 0. The third-order valence-corrected chi connectivity index (χ3v) is 1.28. The molecular weight excluding hydrogens is 112 g/mol. The summed E-state index contributed by atoms with van der Waals surface area (Å²) in [6.07, 6.45) is 0. The summed E-state index contributed by atoms with van der Waals surface area (Å²) in [6, 6.07) is 0.582. The van der Waals surface area contributed by atoms with Crippen molar-refractivity contribution in [1.82, 2.24) is 5.32 Å². The van der Waals surface area contributed by atoms with E-state index >= 15 is 0 Å². The van der Waals surface area contributed by atoms with E-state index in [2.05, 4.69) is 26.1 Å². The molecule has 0 saturated carbocycles. The fraction of sp³-hybridized carbons (Fsp3) is 1.00. The summed E-state index contributed by atoms with van der Waals surface area (Å²) < 4.78 is 0. The van der Waals surface area contributed by atoms with Gasteiger partial charge in [0.15, 0.2) is 0 Å². The van der Waals surface area contributed by atoms with Crippen molar-refractivity contribution in [2.75, 3.05) is 13.1 Å². The first kappa shape index (κ1) is 8.92. The molecule has 0 aromatic rings. The number of rotatable bonds is 4. The van der Waals surface area contributed by atoms with E-state index in [1.165, 1.54) is 0 Å². The Morgan fingerprint density at radius 1 is 1.33 bits per heavy atom. The van der Waals surface area contributed by atoms with Crippen LogP contribution in [0.3, 0.4) is 0 Å². The van der Waals surface area contributed by atoms with Gasteiger partial charge in [0.2, 0.25) is 0 Å². The van der Waals surface area contributed by atoms with E-state index in [1.54, 1.807) is 0 Å².